The third kappa shape index (κ3) is 2.93. The summed E-state index contributed by atoms with van der Waals surface area (Å²) in [5, 5.41) is 6.69. The van der Waals surface area contributed by atoms with Crippen molar-refractivity contribution in [2.24, 2.45) is 0 Å². The van der Waals surface area contributed by atoms with Crippen LogP contribution in [0, 0.1) is 5.82 Å². The molecule has 1 unspecified atom stereocenters. The van der Waals surface area contributed by atoms with Crippen LogP contribution in [-0.4, -0.2) is 21.3 Å². The molecule has 3 rings (SSSR count). The molecule has 2 aromatic carbocycles. The molecule has 0 aromatic heterocycles. The Labute approximate surface area is 150 Å². The third-order valence-electron chi connectivity index (χ3n) is 4.03. The molecular weight excluding hydrogens is 347 g/mol. The van der Waals surface area contributed by atoms with Crippen molar-refractivity contribution in [3.05, 3.63) is 58.6 Å². The number of nitrogens with one attached hydrogen (secondary N) is 2. The molecule has 2 N–H and O–H groups in total. The molecule has 0 fully saturated rings. The molecule has 1 aliphatic rings. The van der Waals surface area contributed by atoms with Crippen LogP contribution in [0.1, 0.15) is 17.2 Å². The van der Waals surface area contributed by atoms with E-state index in [9.17, 15) is 4.39 Å². The predicted octanol–water partition coefficient (Wildman–Crippen LogP) is 4.08. The zero-order valence-electron chi connectivity index (χ0n) is 14.1. The second kappa shape index (κ2) is 6.72. The van der Waals surface area contributed by atoms with Crippen LogP contribution >= 0.6 is 11.6 Å². The van der Waals surface area contributed by atoms with Crippen molar-refractivity contribution in [1.82, 2.24) is 5.32 Å². The van der Waals surface area contributed by atoms with Crippen molar-refractivity contribution < 1.29 is 18.6 Å². The van der Waals surface area contributed by atoms with Gasteiger partial charge in [-0.05, 0) is 18.2 Å². The van der Waals surface area contributed by atoms with Crippen LogP contribution in [0.25, 0.3) is 0 Å². The Bertz CT molecular complexity index is 842. The maximum absolute atomic E-state index is 14.5. The van der Waals surface area contributed by atoms with Gasteiger partial charge in [-0.15, -0.1) is 0 Å². The van der Waals surface area contributed by atoms with E-state index in [4.69, 9.17) is 25.8 Å². The topological polar surface area (TPSA) is 51.8 Å². The largest absolute Gasteiger partial charge is 0.493 e. The van der Waals surface area contributed by atoms with Crippen LogP contribution < -0.4 is 24.8 Å². The lowest BCUT2D eigenvalue weighted by atomic mass is 9.93. The van der Waals surface area contributed by atoms with Gasteiger partial charge in [-0.2, -0.15) is 0 Å². The van der Waals surface area contributed by atoms with Gasteiger partial charge in [0, 0.05) is 22.2 Å². The van der Waals surface area contributed by atoms with E-state index >= 15 is 0 Å². The summed E-state index contributed by atoms with van der Waals surface area (Å²) in [4.78, 5) is 0. The molecule has 2 aromatic rings. The van der Waals surface area contributed by atoms with E-state index in [0.29, 0.717) is 44.9 Å². The number of methoxy groups -OCH3 is 3. The maximum atomic E-state index is 14.5. The first-order chi connectivity index (χ1) is 12.0. The van der Waals surface area contributed by atoms with Crippen LogP contribution in [0.15, 0.2) is 36.7 Å². The van der Waals surface area contributed by atoms with Crippen LogP contribution in [0.3, 0.4) is 0 Å². The van der Waals surface area contributed by atoms with E-state index in [1.165, 1.54) is 33.5 Å². The highest BCUT2D eigenvalue weighted by Gasteiger charge is 2.32. The molecule has 0 bridgehead atoms. The molecule has 1 atom stereocenters. The molecular formula is C18H18ClFN2O3. The number of benzene rings is 2. The Kier molecular flexibility index (Phi) is 4.63. The number of fused-ring (bicyclic) bond motifs is 1. The Morgan fingerprint density at radius 3 is 2.44 bits per heavy atom. The third-order valence-corrected chi connectivity index (χ3v) is 4.27. The molecule has 0 radical (unpaired) electrons. The zero-order valence-corrected chi connectivity index (χ0v) is 14.8. The molecule has 0 saturated carbocycles. The molecule has 132 valence electrons. The number of hydrogen-bond donors (Lipinski definition) is 2. The van der Waals surface area contributed by atoms with Gasteiger partial charge in [-0.1, -0.05) is 18.2 Å². The number of hydrogen-bond acceptors (Lipinski definition) is 5. The van der Waals surface area contributed by atoms with Gasteiger partial charge in [-0.3, -0.25) is 0 Å². The Hall–Kier alpha value is -2.60. The quantitative estimate of drug-likeness (QED) is 0.856. The second-order valence-electron chi connectivity index (χ2n) is 5.45. The summed E-state index contributed by atoms with van der Waals surface area (Å²) in [6, 6.07) is 5.61. The smallest absolute Gasteiger partial charge is 0.203 e. The highest BCUT2D eigenvalue weighted by molar-refractivity contribution is 6.30. The van der Waals surface area contributed by atoms with Gasteiger partial charge >= 0.3 is 0 Å². The lowest BCUT2D eigenvalue weighted by molar-refractivity contribution is 0.320. The van der Waals surface area contributed by atoms with Crippen molar-refractivity contribution in [1.29, 1.82) is 0 Å². The molecule has 0 saturated heterocycles. The first-order valence-electron chi connectivity index (χ1n) is 7.50. The molecule has 5 nitrogen and oxygen atoms in total. The van der Waals surface area contributed by atoms with Crippen molar-refractivity contribution in [3.63, 3.8) is 0 Å². The van der Waals surface area contributed by atoms with Crippen molar-refractivity contribution in [2.45, 2.75) is 6.04 Å². The molecule has 1 heterocycles. The minimum absolute atomic E-state index is 0.377. The first-order valence-corrected chi connectivity index (χ1v) is 7.88. The van der Waals surface area contributed by atoms with E-state index < -0.39 is 6.04 Å². The fraction of sp³-hybridized carbons (Fsp3) is 0.222. The fourth-order valence-corrected chi connectivity index (χ4v) is 3.16. The number of anilines is 1. The van der Waals surface area contributed by atoms with Crippen molar-refractivity contribution in [3.8, 4) is 17.2 Å². The average Bonchev–Trinajstić information content (AvgIpc) is 2.61. The lowest BCUT2D eigenvalue weighted by Gasteiger charge is -2.33. The Morgan fingerprint density at radius 1 is 1.08 bits per heavy atom. The van der Waals surface area contributed by atoms with Gasteiger partial charge in [-0.25, -0.2) is 4.39 Å². The average molecular weight is 365 g/mol. The van der Waals surface area contributed by atoms with Crippen LogP contribution in [0.5, 0.6) is 17.2 Å². The van der Waals surface area contributed by atoms with Crippen LogP contribution in [0.2, 0.25) is 5.02 Å². The minimum Gasteiger partial charge on any atom is -0.493 e. The van der Waals surface area contributed by atoms with E-state index in [2.05, 4.69) is 17.2 Å². The summed E-state index contributed by atoms with van der Waals surface area (Å²) in [7, 11) is 4.57. The van der Waals surface area contributed by atoms with E-state index in [-0.39, 0.29) is 5.82 Å². The van der Waals surface area contributed by atoms with Crippen molar-refractivity contribution >= 4 is 17.3 Å². The number of halogens is 2. The summed E-state index contributed by atoms with van der Waals surface area (Å²) in [5.41, 5.74) is 1.73. The summed E-state index contributed by atoms with van der Waals surface area (Å²) >= 11 is 6.07. The van der Waals surface area contributed by atoms with E-state index in [1.54, 1.807) is 12.1 Å². The standard InChI is InChI=1S/C18H18ClFN2O3/c1-9-21-13-8-14(23-2)17(24-3)18(25-4)15(13)16(22-9)11-7-10(19)5-6-12(11)20/h5-8,16,21-22H,1H2,2-4H3. The van der Waals surface area contributed by atoms with Crippen LogP contribution in [0.4, 0.5) is 10.1 Å². The molecule has 0 aliphatic carbocycles. The normalized spacial score (nSPS) is 15.7. The Morgan fingerprint density at radius 2 is 1.80 bits per heavy atom. The van der Waals surface area contributed by atoms with E-state index in [1.807, 2.05) is 0 Å². The predicted molar refractivity (Wildman–Crippen MR) is 95.2 cm³/mol. The Balaban J connectivity index is 2.29. The summed E-state index contributed by atoms with van der Waals surface area (Å²) in [5.74, 6) is 1.48. The maximum Gasteiger partial charge on any atom is 0.203 e. The first kappa shape index (κ1) is 17.2. The van der Waals surface area contributed by atoms with Crippen molar-refractivity contribution in [2.75, 3.05) is 26.6 Å². The SMILES string of the molecule is C=C1Nc2cc(OC)c(OC)c(OC)c2C(c2cc(Cl)ccc2F)N1. The second-order valence-corrected chi connectivity index (χ2v) is 5.89. The minimum atomic E-state index is -0.558. The molecule has 0 spiro atoms. The molecule has 7 heteroatoms. The number of rotatable bonds is 4. The monoisotopic (exact) mass is 364 g/mol. The summed E-state index contributed by atoms with van der Waals surface area (Å²) in [6.45, 7) is 3.90. The van der Waals surface area contributed by atoms with Gasteiger partial charge < -0.3 is 24.8 Å². The van der Waals surface area contributed by atoms with Crippen LogP contribution in [-0.2, 0) is 0 Å². The van der Waals surface area contributed by atoms with Gasteiger partial charge in [0.25, 0.3) is 0 Å². The van der Waals surface area contributed by atoms with Gasteiger partial charge in [0.2, 0.25) is 5.75 Å². The molecule has 25 heavy (non-hydrogen) atoms. The van der Waals surface area contributed by atoms with Gasteiger partial charge in [0.1, 0.15) is 5.82 Å². The van der Waals surface area contributed by atoms with E-state index in [0.717, 1.165) is 0 Å². The van der Waals surface area contributed by atoms with Gasteiger partial charge in [0.15, 0.2) is 11.5 Å². The molecule has 1 aliphatic heterocycles. The summed E-state index contributed by atoms with van der Waals surface area (Å²) in [6.07, 6.45) is 0. The van der Waals surface area contributed by atoms with Gasteiger partial charge in [0.05, 0.1) is 38.9 Å². The fourth-order valence-electron chi connectivity index (χ4n) is 2.98. The zero-order chi connectivity index (χ0) is 18.1. The lowest BCUT2D eigenvalue weighted by Crippen LogP contribution is -2.32. The molecule has 0 amide bonds. The summed E-state index contributed by atoms with van der Waals surface area (Å²) < 4.78 is 30.9. The highest BCUT2D eigenvalue weighted by Crippen LogP contribution is 2.50. The highest BCUT2D eigenvalue weighted by atomic mass is 35.5. The number of ether oxygens (including phenoxy) is 3.